The highest BCUT2D eigenvalue weighted by Crippen LogP contribution is 2.40. The minimum Gasteiger partial charge on any atom is -0.492 e. The average molecular weight is 228 g/mol. The fourth-order valence-electron chi connectivity index (χ4n) is 2.00. The largest absolute Gasteiger partial charge is 0.492 e. The number of hydrogen-bond donors (Lipinski definition) is 1. The molecule has 0 saturated carbocycles. The highest BCUT2D eigenvalue weighted by Gasteiger charge is 2.33. The van der Waals surface area contributed by atoms with Gasteiger partial charge in [-0.05, 0) is 0 Å². The van der Waals surface area contributed by atoms with Crippen LogP contribution < -0.4 is 4.74 Å². The van der Waals surface area contributed by atoms with Gasteiger partial charge < -0.3 is 9.84 Å². The third-order valence-electron chi connectivity index (χ3n) is 2.95. The fourth-order valence-corrected chi connectivity index (χ4v) is 2.00. The molecule has 0 fully saturated rings. The Hall–Kier alpha value is -1.16. The maximum atomic E-state index is 13.8. The van der Waals surface area contributed by atoms with Crippen molar-refractivity contribution in [3.63, 3.8) is 0 Å². The highest BCUT2D eigenvalue weighted by molar-refractivity contribution is 5.49. The van der Waals surface area contributed by atoms with Crippen LogP contribution in [-0.4, -0.2) is 18.3 Å². The molecule has 0 spiro atoms. The van der Waals surface area contributed by atoms with E-state index in [9.17, 15) is 13.9 Å². The predicted molar refractivity (Wildman–Crippen MR) is 55.7 cm³/mol. The van der Waals surface area contributed by atoms with E-state index < -0.39 is 17.0 Å². The molecule has 0 radical (unpaired) electrons. The van der Waals surface area contributed by atoms with E-state index in [4.69, 9.17) is 4.74 Å². The van der Waals surface area contributed by atoms with Crippen molar-refractivity contribution in [2.24, 2.45) is 0 Å². The van der Waals surface area contributed by atoms with Crippen molar-refractivity contribution in [1.82, 2.24) is 0 Å². The van der Waals surface area contributed by atoms with Gasteiger partial charge in [0.2, 0.25) is 0 Å². The van der Waals surface area contributed by atoms with Gasteiger partial charge in [-0.2, -0.15) is 0 Å². The molecule has 0 amide bonds. The van der Waals surface area contributed by atoms with Crippen LogP contribution in [0.15, 0.2) is 6.07 Å². The summed E-state index contributed by atoms with van der Waals surface area (Å²) in [5.41, 5.74) is -0.0894. The van der Waals surface area contributed by atoms with Gasteiger partial charge >= 0.3 is 0 Å². The van der Waals surface area contributed by atoms with E-state index in [2.05, 4.69) is 0 Å². The lowest BCUT2D eigenvalue weighted by molar-refractivity contribution is 0.210. The molecule has 0 aromatic heterocycles. The number of rotatable bonds is 2. The van der Waals surface area contributed by atoms with Gasteiger partial charge in [0.25, 0.3) is 0 Å². The lowest BCUT2D eigenvalue weighted by Gasteiger charge is -2.25. The second kappa shape index (κ2) is 3.70. The van der Waals surface area contributed by atoms with Crippen LogP contribution in [0.2, 0.25) is 0 Å². The molecule has 2 nitrogen and oxygen atoms in total. The molecular weight excluding hydrogens is 214 g/mol. The summed E-state index contributed by atoms with van der Waals surface area (Å²) in [6.07, 6.45) is 0.454. The number of aliphatic hydroxyl groups is 1. The number of fused-ring (bicyclic) bond motifs is 1. The van der Waals surface area contributed by atoms with E-state index in [0.29, 0.717) is 18.6 Å². The van der Waals surface area contributed by atoms with Crippen LogP contribution in [0.4, 0.5) is 8.78 Å². The first-order valence-corrected chi connectivity index (χ1v) is 5.22. The quantitative estimate of drug-likeness (QED) is 0.840. The third-order valence-corrected chi connectivity index (χ3v) is 2.95. The van der Waals surface area contributed by atoms with E-state index in [0.717, 1.165) is 6.07 Å². The summed E-state index contributed by atoms with van der Waals surface area (Å²) >= 11 is 0. The SMILES string of the molecule is CC(C)(CO)c1c(F)cc(F)c2c1OCC2. The van der Waals surface area contributed by atoms with Gasteiger partial charge in [-0.25, -0.2) is 8.78 Å². The van der Waals surface area contributed by atoms with Crippen molar-refractivity contribution in [1.29, 1.82) is 0 Å². The first-order chi connectivity index (χ1) is 7.47. The molecule has 1 aromatic carbocycles. The van der Waals surface area contributed by atoms with Crippen LogP contribution in [0, 0.1) is 11.6 Å². The molecule has 0 unspecified atom stereocenters. The van der Waals surface area contributed by atoms with Crippen LogP contribution in [-0.2, 0) is 11.8 Å². The van der Waals surface area contributed by atoms with Gasteiger partial charge in [-0.3, -0.25) is 0 Å². The molecular formula is C12H14F2O2. The van der Waals surface area contributed by atoms with Crippen LogP contribution >= 0.6 is 0 Å². The Morgan fingerprint density at radius 2 is 2.06 bits per heavy atom. The number of halogens is 2. The summed E-state index contributed by atoms with van der Waals surface area (Å²) in [5.74, 6) is -0.948. The molecule has 16 heavy (non-hydrogen) atoms. The summed E-state index contributed by atoms with van der Waals surface area (Å²) in [5, 5.41) is 9.26. The summed E-state index contributed by atoms with van der Waals surface area (Å²) < 4.78 is 32.5. The van der Waals surface area contributed by atoms with Crippen molar-refractivity contribution in [3.8, 4) is 5.75 Å². The highest BCUT2D eigenvalue weighted by atomic mass is 19.1. The summed E-state index contributed by atoms with van der Waals surface area (Å²) in [4.78, 5) is 0. The monoisotopic (exact) mass is 228 g/mol. The van der Waals surface area contributed by atoms with Crippen LogP contribution in [0.3, 0.4) is 0 Å². The minimum absolute atomic E-state index is 0.217. The summed E-state index contributed by atoms with van der Waals surface area (Å²) in [6, 6.07) is 0.875. The van der Waals surface area contributed by atoms with Gasteiger partial charge in [-0.15, -0.1) is 0 Å². The van der Waals surface area contributed by atoms with Crippen LogP contribution in [0.25, 0.3) is 0 Å². The fraction of sp³-hybridized carbons (Fsp3) is 0.500. The van der Waals surface area contributed by atoms with E-state index in [1.807, 2.05) is 0 Å². The number of ether oxygens (including phenoxy) is 1. The molecule has 0 atom stereocenters. The molecule has 0 bridgehead atoms. The Kier molecular flexibility index (Phi) is 2.62. The molecule has 0 saturated heterocycles. The van der Waals surface area contributed by atoms with Crippen LogP contribution in [0.5, 0.6) is 5.75 Å². The molecule has 1 N–H and O–H groups in total. The van der Waals surface area contributed by atoms with E-state index in [-0.39, 0.29) is 17.9 Å². The standard InChI is InChI=1S/C12H14F2O2/c1-12(2,6-15)10-9(14)5-8(13)7-3-4-16-11(7)10/h5,15H,3-4,6H2,1-2H3. The Labute approximate surface area is 92.9 Å². The number of benzene rings is 1. The Morgan fingerprint density at radius 3 is 2.69 bits per heavy atom. The first kappa shape index (κ1) is 11.3. The second-order valence-electron chi connectivity index (χ2n) is 4.66. The van der Waals surface area contributed by atoms with Crippen molar-refractivity contribution in [2.45, 2.75) is 25.7 Å². The molecule has 1 aliphatic rings. The van der Waals surface area contributed by atoms with Crippen molar-refractivity contribution in [2.75, 3.05) is 13.2 Å². The number of aliphatic hydroxyl groups excluding tert-OH is 1. The van der Waals surface area contributed by atoms with E-state index in [1.165, 1.54) is 0 Å². The van der Waals surface area contributed by atoms with Crippen molar-refractivity contribution in [3.05, 3.63) is 28.8 Å². The summed E-state index contributed by atoms with van der Waals surface area (Å²) in [6.45, 7) is 3.55. The van der Waals surface area contributed by atoms with Crippen molar-refractivity contribution >= 4 is 0 Å². The Morgan fingerprint density at radius 1 is 1.38 bits per heavy atom. The normalized spacial score (nSPS) is 14.8. The molecule has 1 aromatic rings. The smallest absolute Gasteiger partial charge is 0.133 e. The van der Waals surface area contributed by atoms with Gasteiger partial charge in [0, 0.05) is 29.0 Å². The first-order valence-electron chi connectivity index (χ1n) is 5.22. The van der Waals surface area contributed by atoms with Crippen LogP contribution in [0.1, 0.15) is 25.0 Å². The zero-order valence-corrected chi connectivity index (χ0v) is 9.31. The average Bonchev–Trinajstić information content (AvgIpc) is 2.66. The lowest BCUT2D eigenvalue weighted by Crippen LogP contribution is -2.24. The third kappa shape index (κ3) is 1.57. The summed E-state index contributed by atoms with van der Waals surface area (Å²) in [7, 11) is 0. The van der Waals surface area contributed by atoms with Gasteiger partial charge in [0.15, 0.2) is 0 Å². The molecule has 0 aliphatic carbocycles. The van der Waals surface area contributed by atoms with Gasteiger partial charge in [0.1, 0.15) is 17.4 Å². The lowest BCUT2D eigenvalue weighted by atomic mass is 9.83. The molecule has 88 valence electrons. The van der Waals surface area contributed by atoms with E-state index >= 15 is 0 Å². The predicted octanol–water partition coefficient (Wildman–Crippen LogP) is 2.17. The molecule has 2 rings (SSSR count). The maximum Gasteiger partial charge on any atom is 0.133 e. The van der Waals surface area contributed by atoms with E-state index in [1.54, 1.807) is 13.8 Å². The van der Waals surface area contributed by atoms with Crippen molar-refractivity contribution < 1.29 is 18.6 Å². The Bertz CT molecular complexity index is 428. The number of hydrogen-bond acceptors (Lipinski definition) is 2. The topological polar surface area (TPSA) is 29.5 Å². The minimum atomic E-state index is -0.772. The zero-order chi connectivity index (χ0) is 11.9. The molecule has 4 heteroatoms. The molecule has 1 heterocycles. The maximum absolute atomic E-state index is 13.8. The van der Waals surface area contributed by atoms with Gasteiger partial charge in [0.05, 0.1) is 13.2 Å². The Balaban J connectivity index is 2.66. The molecule has 1 aliphatic heterocycles. The second-order valence-corrected chi connectivity index (χ2v) is 4.66. The van der Waals surface area contributed by atoms with Gasteiger partial charge in [-0.1, -0.05) is 13.8 Å². The zero-order valence-electron chi connectivity index (χ0n) is 9.31.